The maximum absolute atomic E-state index is 6.11. The van der Waals surface area contributed by atoms with Crippen molar-refractivity contribution >= 4 is 40.2 Å². The number of benzene rings is 3. The molecule has 0 amide bonds. The number of thiocarbonyl (C=S) groups is 1. The molecule has 5 rings (SSSR count). The summed E-state index contributed by atoms with van der Waals surface area (Å²) in [5.41, 5.74) is 5.83. The molecular formula is C26H21ClN4OS. The van der Waals surface area contributed by atoms with Crippen molar-refractivity contribution < 1.29 is 4.52 Å². The third-order valence-electron chi connectivity index (χ3n) is 5.67. The van der Waals surface area contributed by atoms with E-state index < -0.39 is 0 Å². The van der Waals surface area contributed by atoms with Gasteiger partial charge in [0, 0.05) is 22.0 Å². The van der Waals surface area contributed by atoms with E-state index in [1.807, 2.05) is 66.4 Å². The second-order valence-corrected chi connectivity index (χ2v) is 8.72. The molecule has 0 spiro atoms. The van der Waals surface area contributed by atoms with Crippen LogP contribution in [0.25, 0.3) is 17.0 Å². The molecule has 1 aromatic heterocycles. The number of aryl methyl sites for hydroxylation is 1. The minimum atomic E-state index is -0.231. The first-order chi connectivity index (χ1) is 16.0. The van der Waals surface area contributed by atoms with Crippen LogP contribution in [-0.2, 0) is 0 Å². The van der Waals surface area contributed by atoms with Crippen LogP contribution < -0.4 is 10.2 Å². The van der Waals surface area contributed by atoms with E-state index in [-0.39, 0.29) is 6.04 Å². The van der Waals surface area contributed by atoms with Crippen molar-refractivity contribution in [3.8, 4) is 11.4 Å². The van der Waals surface area contributed by atoms with E-state index in [9.17, 15) is 0 Å². The maximum Gasteiger partial charge on any atom is 0.258 e. The van der Waals surface area contributed by atoms with Gasteiger partial charge in [0.25, 0.3) is 5.89 Å². The second-order valence-electron chi connectivity index (χ2n) is 7.89. The van der Waals surface area contributed by atoms with Gasteiger partial charge < -0.3 is 9.84 Å². The molecule has 1 unspecified atom stereocenters. The topological polar surface area (TPSA) is 54.2 Å². The first kappa shape index (κ1) is 21.4. The number of hydrogen-bond donors (Lipinski definition) is 1. The number of anilines is 1. The Kier molecular flexibility index (Phi) is 5.70. The minimum absolute atomic E-state index is 0.231. The van der Waals surface area contributed by atoms with Crippen LogP contribution in [0.5, 0.6) is 0 Å². The lowest BCUT2D eigenvalue weighted by atomic mass is 9.94. The standard InChI is InChI=1S/C26H21ClN4OS/c1-16-8-10-18(11-9-16)23-22(25-29-24(30-32-25)19-6-4-3-5-7-19)17(2)31(26(33)28-23)21-14-12-20(27)13-15-21/h3-15,23H,1-2H3,(H,28,33). The molecule has 3 aromatic carbocycles. The summed E-state index contributed by atoms with van der Waals surface area (Å²) in [6.45, 7) is 4.09. The number of halogens is 1. The van der Waals surface area contributed by atoms with Gasteiger partial charge in [-0.1, -0.05) is 76.9 Å². The first-order valence-corrected chi connectivity index (χ1v) is 11.3. The number of aromatic nitrogens is 2. The molecule has 0 radical (unpaired) electrons. The van der Waals surface area contributed by atoms with Crippen LogP contribution in [-0.4, -0.2) is 15.3 Å². The number of hydrogen-bond acceptors (Lipinski definition) is 4. The van der Waals surface area contributed by atoms with Crippen LogP contribution >= 0.6 is 23.8 Å². The number of nitrogens with one attached hydrogen (secondary N) is 1. The zero-order valence-corrected chi connectivity index (χ0v) is 19.7. The molecule has 0 saturated carbocycles. The summed E-state index contributed by atoms with van der Waals surface area (Å²) in [6, 6.07) is 25.5. The zero-order chi connectivity index (χ0) is 22.9. The molecule has 7 heteroatoms. The third-order valence-corrected chi connectivity index (χ3v) is 6.22. The van der Waals surface area contributed by atoms with Gasteiger partial charge in [0.15, 0.2) is 5.11 Å². The Morgan fingerprint density at radius 2 is 1.64 bits per heavy atom. The fourth-order valence-electron chi connectivity index (χ4n) is 3.97. The van der Waals surface area contributed by atoms with E-state index in [4.69, 9.17) is 33.3 Å². The Hall–Kier alpha value is -3.48. The van der Waals surface area contributed by atoms with Crippen molar-refractivity contribution in [1.29, 1.82) is 0 Å². The van der Waals surface area contributed by atoms with Crippen molar-refractivity contribution in [2.24, 2.45) is 0 Å². The number of allylic oxidation sites excluding steroid dienone is 1. The van der Waals surface area contributed by atoms with Gasteiger partial charge >= 0.3 is 0 Å². The second kappa shape index (κ2) is 8.81. The lowest BCUT2D eigenvalue weighted by molar-refractivity contribution is 0.404. The SMILES string of the molecule is CC1=C(c2nc(-c3ccccc3)no2)C(c2ccc(C)cc2)NC(=S)N1c1ccc(Cl)cc1. The molecule has 0 fully saturated rings. The summed E-state index contributed by atoms with van der Waals surface area (Å²) >= 11 is 11.9. The normalized spacial score (nSPS) is 16.2. The van der Waals surface area contributed by atoms with Gasteiger partial charge in [0.1, 0.15) is 0 Å². The average Bonchev–Trinajstić information content (AvgIpc) is 3.31. The Balaban J connectivity index is 1.65. The Morgan fingerprint density at radius 1 is 0.939 bits per heavy atom. The molecular weight excluding hydrogens is 452 g/mol. The average molecular weight is 473 g/mol. The lowest BCUT2D eigenvalue weighted by Gasteiger charge is -2.37. The molecule has 164 valence electrons. The molecule has 33 heavy (non-hydrogen) atoms. The van der Waals surface area contributed by atoms with Crippen molar-refractivity contribution in [2.45, 2.75) is 19.9 Å². The minimum Gasteiger partial charge on any atom is -0.351 e. The van der Waals surface area contributed by atoms with Crippen LogP contribution in [0, 0.1) is 6.92 Å². The Labute approximate surface area is 202 Å². The van der Waals surface area contributed by atoms with Gasteiger partial charge in [-0.05, 0) is 55.9 Å². The largest absolute Gasteiger partial charge is 0.351 e. The highest BCUT2D eigenvalue weighted by atomic mass is 35.5. The van der Waals surface area contributed by atoms with Gasteiger partial charge in [0.05, 0.1) is 11.6 Å². The quantitative estimate of drug-likeness (QED) is 0.339. The summed E-state index contributed by atoms with van der Waals surface area (Å²) in [4.78, 5) is 6.72. The van der Waals surface area contributed by atoms with E-state index in [0.29, 0.717) is 21.9 Å². The van der Waals surface area contributed by atoms with Gasteiger partial charge in [-0.25, -0.2) is 0 Å². The van der Waals surface area contributed by atoms with Gasteiger partial charge in [-0.15, -0.1) is 0 Å². The smallest absolute Gasteiger partial charge is 0.258 e. The summed E-state index contributed by atoms with van der Waals surface area (Å²) in [5.74, 6) is 0.991. The molecule has 5 nitrogen and oxygen atoms in total. The summed E-state index contributed by atoms with van der Waals surface area (Å²) in [5, 5.41) is 8.99. The molecule has 1 atom stereocenters. The van der Waals surface area contributed by atoms with E-state index in [1.165, 1.54) is 5.56 Å². The lowest BCUT2D eigenvalue weighted by Crippen LogP contribution is -2.46. The van der Waals surface area contributed by atoms with Crippen LogP contribution in [0.15, 0.2) is 89.1 Å². The third kappa shape index (κ3) is 4.15. The predicted molar refractivity (Wildman–Crippen MR) is 136 cm³/mol. The van der Waals surface area contributed by atoms with Crippen LogP contribution in [0.4, 0.5) is 5.69 Å². The van der Waals surface area contributed by atoms with E-state index in [2.05, 4.69) is 41.7 Å². The van der Waals surface area contributed by atoms with Gasteiger partial charge in [-0.2, -0.15) is 4.98 Å². The van der Waals surface area contributed by atoms with E-state index >= 15 is 0 Å². The maximum atomic E-state index is 6.11. The molecule has 0 saturated heterocycles. The highest BCUT2D eigenvalue weighted by Crippen LogP contribution is 2.39. The zero-order valence-electron chi connectivity index (χ0n) is 18.1. The van der Waals surface area contributed by atoms with Gasteiger partial charge in [0.2, 0.25) is 5.82 Å². The number of rotatable bonds is 4. The molecule has 1 aliphatic heterocycles. The Bertz CT molecular complexity index is 1330. The van der Waals surface area contributed by atoms with Crippen LogP contribution in [0.3, 0.4) is 0 Å². The summed E-state index contributed by atoms with van der Waals surface area (Å²) in [6.07, 6.45) is 0. The highest BCUT2D eigenvalue weighted by molar-refractivity contribution is 7.80. The van der Waals surface area contributed by atoms with E-state index in [0.717, 1.165) is 28.1 Å². The van der Waals surface area contributed by atoms with Crippen LogP contribution in [0.1, 0.15) is 30.0 Å². The molecule has 1 aliphatic rings. The molecule has 4 aromatic rings. The monoisotopic (exact) mass is 472 g/mol. The molecule has 1 N–H and O–H groups in total. The molecule has 2 heterocycles. The van der Waals surface area contributed by atoms with Crippen molar-refractivity contribution in [3.63, 3.8) is 0 Å². The van der Waals surface area contributed by atoms with Gasteiger partial charge in [-0.3, -0.25) is 4.90 Å². The van der Waals surface area contributed by atoms with E-state index in [1.54, 1.807) is 0 Å². The first-order valence-electron chi connectivity index (χ1n) is 10.5. The highest BCUT2D eigenvalue weighted by Gasteiger charge is 2.34. The van der Waals surface area contributed by atoms with Crippen molar-refractivity contribution in [2.75, 3.05) is 4.90 Å². The fraction of sp³-hybridized carbons (Fsp3) is 0.115. The predicted octanol–water partition coefficient (Wildman–Crippen LogP) is 6.57. The molecule has 0 aliphatic carbocycles. The van der Waals surface area contributed by atoms with Crippen LogP contribution in [0.2, 0.25) is 5.02 Å². The van der Waals surface area contributed by atoms with Crippen molar-refractivity contribution in [1.82, 2.24) is 15.5 Å². The summed E-state index contributed by atoms with van der Waals surface area (Å²) in [7, 11) is 0. The Morgan fingerprint density at radius 3 is 2.33 bits per heavy atom. The fourth-order valence-corrected chi connectivity index (χ4v) is 4.45. The van der Waals surface area contributed by atoms with Crippen molar-refractivity contribution in [3.05, 3.63) is 107 Å². The molecule has 0 bridgehead atoms. The number of nitrogens with zero attached hydrogens (tertiary/aromatic N) is 3. The summed E-state index contributed by atoms with van der Waals surface area (Å²) < 4.78 is 5.79.